The molecule has 0 fully saturated rings. The molecule has 0 aromatic heterocycles. The lowest BCUT2D eigenvalue weighted by molar-refractivity contribution is 0.355. The van der Waals surface area contributed by atoms with Crippen molar-refractivity contribution in [1.29, 1.82) is 0 Å². The van der Waals surface area contributed by atoms with Gasteiger partial charge in [0.1, 0.15) is 0 Å². The predicted octanol–water partition coefficient (Wildman–Crippen LogP) is 1.23. The van der Waals surface area contributed by atoms with E-state index in [4.69, 9.17) is 10.7 Å². The Balaban J connectivity index is 2.82. The molecule has 0 N–H and O–H groups in total. The minimum absolute atomic E-state index is 0.468. The van der Waals surface area contributed by atoms with E-state index in [0.29, 0.717) is 6.61 Å². The van der Waals surface area contributed by atoms with Gasteiger partial charge in [0.05, 0.1) is 6.61 Å². The van der Waals surface area contributed by atoms with Gasteiger partial charge in [-0.25, -0.2) is 4.21 Å². The lowest BCUT2D eigenvalue weighted by atomic mass is 10.5. The minimum atomic E-state index is -1.59. The Hall–Kier alpha value is 0.400. The topological polar surface area (TPSA) is 26.3 Å². The molecule has 1 atom stereocenters. The van der Waals surface area contributed by atoms with Crippen LogP contribution in [0.5, 0.6) is 0 Å². The zero-order valence-corrected chi connectivity index (χ0v) is 5.59. The fourth-order valence-electron chi connectivity index (χ4n) is 0.149. The van der Waals surface area contributed by atoms with Gasteiger partial charge in [-0.05, 0) is 6.42 Å². The first-order valence-corrected chi connectivity index (χ1v) is 3.88. The summed E-state index contributed by atoms with van der Waals surface area (Å²) in [6, 6.07) is 0. The van der Waals surface area contributed by atoms with Crippen LogP contribution in [0.1, 0.15) is 13.3 Å². The molecular weight excluding hydrogens is 136 g/mol. The maximum Gasteiger partial charge on any atom is 0.255 e. The van der Waals surface area contributed by atoms with Crippen molar-refractivity contribution in [3.05, 3.63) is 0 Å². The summed E-state index contributed by atoms with van der Waals surface area (Å²) in [5.74, 6) is 0. The number of rotatable bonds is 3. The molecule has 0 saturated heterocycles. The first-order chi connectivity index (χ1) is 3.27. The maximum atomic E-state index is 9.86. The molecule has 1 unspecified atom stereocenters. The second kappa shape index (κ2) is 4.56. The number of hydrogen-bond donors (Lipinski definition) is 0. The molecule has 7 heavy (non-hydrogen) atoms. The summed E-state index contributed by atoms with van der Waals surface area (Å²) in [5, 5.41) is 0. The summed E-state index contributed by atoms with van der Waals surface area (Å²) in [4.78, 5) is 0. The average molecular weight is 143 g/mol. The first kappa shape index (κ1) is 7.40. The van der Waals surface area contributed by atoms with Gasteiger partial charge in [-0.1, -0.05) is 6.92 Å². The van der Waals surface area contributed by atoms with Crippen LogP contribution in [-0.4, -0.2) is 10.8 Å². The molecular formula is C3H7ClO2S. The van der Waals surface area contributed by atoms with Crippen molar-refractivity contribution in [2.24, 2.45) is 0 Å². The van der Waals surface area contributed by atoms with Crippen LogP contribution in [0.2, 0.25) is 0 Å². The van der Waals surface area contributed by atoms with Gasteiger partial charge in [0, 0.05) is 10.7 Å². The molecule has 2 nitrogen and oxygen atoms in total. The molecule has 0 aliphatic heterocycles. The predicted molar refractivity (Wildman–Crippen MR) is 30.2 cm³/mol. The SMILES string of the molecule is CCCOS(=O)Cl. The Bertz CT molecular complexity index is 66.0. The van der Waals surface area contributed by atoms with E-state index in [1.165, 1.54) is 0 Å². The van der Waals surface area contributed by atoms with Gasteiger partial charge in [0.2, 0.25) is 0 Å². The highest BCUT2D eigenvalue weighted by atomic mass is 35.7. The summed E-state index contributed by atoms with van der Waals surface area (Å²) in [7, 11) is 3.31. The molecule has 0 rings (SSSR count). The highest BCUT2D eigenvalue weighted by molar-refractivity contribution is 8.04. The van der Waals surface area contributed by atoms with Crippen molar-refractivity contribution in [3.63, 3.8) is 0 Å². The molecule has 0 aliphatic rings. The van der Waals surface area contributed by atoms with Crippen LogP contribution in [0.15, 0.2) is 0 Å². The van der Waals surface area contributed by atoms with Crippen LogP contribution >= 0.6 is 10.7 Å². The Morgan fingerprint density at radius 2 is 2.43 bits per heavy atom. The van der Waals surface area contributed by atoms with Crippen LogP contribution in [0.3, 0.4) is 0 Å². The second-order valence-corrected chi connectivity index (χ2v) is 2.40. The van der Waals surface area contributed by atoms with E-state index in [2.05, 4.69) is 4.18 Å². The molecule has 0 heterocycles. The van der Waals surface area contributed by atoms with E-state index in [1.54, 1.807) is 0 Å². The maximum absolute atomic E-state index is 9.86. The van der Waals surface area contributed by atoms with Crippen molar-refractivity contribution in [1.82, 2.24) is 0 Å². The van der Waals surface area contributed by atoms with E-state index in [-0.39, 0.29) is 0 Å². The van der Waals surface area contributed by atoms with Crippen molar-refractivity contribution >= 4 is 21.0 Å². The lowest BCUT2D eigenvalue weighted by Crippen LogP contribution is -1.89. The average Bonchev–Trinajstić information content (AvgIpc) is 1.61. The molecule has 0 aliphatic carbocycles. The fraction of sp³-hybridized carbons (Fsp3) is 1.00. The Morgan fingerprint density at radius 1 is 1.86 bits per heavy atom. The molecule has 0 bridgehead atoms. The summed E-state index contributed by atoms with van der Waals surface area (Å²) in [6.07, 6.45) is 0.846. The second-order valence-electron chi connectivity index (χ2n) is 1.02. The molecule has 0 radical (unpaired) electrons. The zero-order valence-electron chi connectivity index (χ0n) is 4.02. The van der Waals surface area contributed by atoms with Crippen molar-refractivity contribution in [2.45, 2.75) is 13.3 Å². The van der Waals surface area contributed by atoms with E-state index < -0.39 is 10.3 Å². The quantitative estimate of drug-likeness (QED) is 0.554. The van der Waals surface area contributed by atoms with Gasteiger partial charge >= 0.3 is 0 Å². The molecule has 0 saturated carbocycles. The number of hydrogen-bond acceptors (Lipinski definition) is 2. The third kappa shape index (κ3) is 6.40. The van der Waals surface area contributed by atoms with Crippen LogP contribution in [0.4, 0.5) is 0 Å². The van der Waals surface area contributed by atoms with Crippen LogP contribution in [-0.2, 0) is 14.5 Å². The van der Waals surface area contributed by atoms with Gasteiger partial charge in [-0.15, -0.1) is 0 Å². The molecule has 0 aromatic rings. The van der Waals surface area contributed by atoms with Gasteiger partial charge in [-0.2, -0.15) is 0 Å². The third-order valence-corrected chi connectivity index (χ3v) is 0.999. The minimum Gasteiger partial charge on any atom is -0.278 e. The monoisotopic (exact) mass is 142 g/mol. The fourth-order valence-corrected chi connectivity index (χ4v) is 0.636. The standard InChI is InChI=1S/C3H7ClO2S/c1-2-3-6-7(4)5/h2-3H2,1H3. The Labute approximate surface area is 50.0 Å². The van der Waals surface area contributed by atoms with Gasteiger partial charge in [0.15, 0.2) is 0 Å². The molecule has 44 valence electrons. The van der Waals surface area contributed by atoms with Crippen LogP contribution < -0.4 is 0 Å². The highest BCUT2D eigenvalue weighted by Crippen LogP contribution is 1.90. The normalized spacial score (nSPS) is 14.0. The lowest BCUT2D eigenvalue weighted by Gasteiger charge is -1.88. The highest BCUT2D eigenvalue weighted by Gasteiger charge is 1.87. The summed E-state index contributed by atoms with van der Waals surface area (Å²) < 4.78 is 14.3. The first-order valence-electron chi connectivity index (χ1n) is 1.98. The van der Waals surface area contributed by atoms with Crippen molar-refractivity contribution in [2.75, 3.05) is 6.61 Å². The van der Waals surface area contributed by atoms with E-state index in [0.717, 1.165) is 6.42 Å². The molecule has 0 amide bonds. The van der Waals surface area contributed by atoms with E-state index >= 15 is 0 Å². The zero-order chi connectivity index (χ0) is 5.70. The van der Waals surface area contributed by atoms with Gasteiger partial charge in [0.25, 0.3) is 10.3 Å². The van der Waals surface area contributed by atoms with Gasteiger partial charge < -0.3 is 0 Å². The summed E-state index contributed by atoms with van der Waals surface area (Å²) in [6.45, 7) is 2.39. The largest absolute Gasteiger partial charge is 0.278 e. The summed E-state index contributed by atoms with van der Waals surface area (Å²) >= 11 is 0. The van der Waals surface area contributed by atoms with Crippen molar-refractivity contribution < 1.29 is 8.39 Å². The smallest absolute Gasteiger partial charge is 0.255 e. The van der Waals surface area contributed by atoms with E-state index in [1.807, 2.05) is 6.92 Å². The Morgan fingerprint density at radius 3 is 2.57 bits per heavy atom. The van der Waals surface area contributed by atoms with Crippen molar-refractivity contribution in [3.8, 4) is 0 Å². The van der Waals surface area contributed by atoms with Crippen LogP contribution in [0, 0.1) is 0 Å². The van der Waals surface area contributed by atoms with Crippen LogP contribution in [0.25, 0.3) is 0 Å². The molecule has 4 heteroatoms. The number of halogens is 1. The third-order valence-electron chi connectivity index (χ3n) is 0.380. The Kier molecular flexibility index (Phi) is 4.82. The molecule has 0 aromatic carbocycles. The van der Waals surface area contributed by atoms with E-state index in [9.17, 15) is 4.21 Å². The van der Waals surface area contributed by atoms with Gasteiger partial charge in [-0.3, -0.25) is 4.18 Å². The molecule has 0 spiro atoms. The summed E-state index contributed by atoms with van der Waals surface area (Å²) in [5.41, 5.74) is 0.